The van der Waals surface area contributed by atoms with Crippen LogP contribution in [0.5, 0.6) is 5.75 Å². The third-order valence-electron chi connectivity index (χ3n) is 7.54. The Morgan fingerprint density at radius 3 is 2.66 bits per heavy atom. The van der Waals surface area contributed by atoms with Gasteiger partial charge in [-0.2, -0.15) is 0 Å². The first kappa shape index (κ1) is 21.8. The van der Waals surface area contributed by atoms with Crippen LogP contribution in [0.2, 0.25) is 0 Å². The standard InChI is InChI=1S/C28H28N4O3/c1-18-26(31-35-30-18)17-34-27-10-3-2-7-24(27)28(33)32-21-11-12-22(32)16-19(15-21)14-20-6-4-9-25-23(20)8-5-13-29-25/h2-10,13,19,21-22H,11-12,14-17H2,1H3/t21-,22-/m0/s1. The molecule has 2 aromatic carbocycles. The fourth-order valence-corrected chi connectivity index (χ4v) is 5.88. The van der Waals surface area contributed by atoms with Crippen LogP contribution < -0.4 is 4.74 Å². The van der Waals surface area contributed by atoms with E-state index in [-0.39, 0.29) is 24.6 Å². The fourth-order valence-electron chi connectivity index (χ4n) is 5.88. The molecule has 2 aromatic heterocycles. The molecular formula is C28H28N4O3. The summed E-state index contributed by atoms with van der Waals surface area (Å²) >= 11 is 0. The first-order chi connectivity index (χ1) is 17.2. The van der Waals surface area contributed by atoms with Crippen molar-refractivity contribution in [3.05, 3.63) is 83.3 Å². The quantitative estimate of drug-likeness (QED) is 0.390. The van der Waals surface area contributed by atoms with Gasteiger partial charge in [0.25, 0.3) is 5.91 Å². The van der Waals surface area contributed by atoms with E-state index < -0.39 is 0 Å². The van der Waals surface area contributed by atoms with E-state index in [0.29, 0.717) is 28.6 Å². The Kier molecular flexibility index (Phi) is 5.68. The zero-order valence-electron chi connectivity index (χ0n) is 19.8. The van der Waals surface area contributed by atoms with Gasteiger partial charge in [0.2, 0.25) is 0 Å². The van der Waals surface area contributed by atoms with Crippen molar-refractivity contribution in [2.45, 2.75) is 57.7 Å². The average molecular weight is 469 g/mol. The molecule has 7 nitrogen and oxygen atoms in total. The zero-order chi connectivity index (χ0) is 23.8. The summed E-state index contributed by atoms with van der Waals surface area (Å²) in [6.07, 6.45) is 7.08. The van der Waals surface area contributed by atoms with Crippen molar-refractivity contribution in [1.82, 2.24) is 20.2 Å². The van der Waals surface area contributed by atoms with Crippen LogP contribution in [-0.2, 0) is 13.0 Å². The number of fused-ring (bicyclic) bond motifs is 3. The van der Waals surface area contributed by atoms with Gasteiger partial charge in [0.1, 0.15) is 23.7 Å². The summed E-state index contributed by atoms with van der Waals surface area (Å²) in [5.74, 6) is 1.21. The van der Waals surface area contributed by atoms with Gasteiger partial charge in [-0.3, -0.25) is 9.78 Å². The lowest BCUT2D eigenvalue weighted by atomic mass is 9.84. The van der Waals surface area contributed by atoms with Crippen LogP contribution in [0, 0.1) is 12.8 Å². The highest BCUT2D eigenvalue weighted by molar-refractivity contribution is 5.97. The summed E-state index contributed by atoms with van der Waals surface area (Å²) in [6, 6.07) is 18.6. The number of benzene rings is 2. The predicted molar refractivity (Wildman–Crippen MR) is 131 cm³/mol. The second-order valence-corrected chi connectivity index (χ2v) is 9.71. The van der Waals surface area contributed by atoms with Crippen LogP contribution in [0.15, 0.2) is 65.4 Å². The molecule has 0 unspecified atom stereocenters. The lowest BCUT2D eigenvalue weighted by Crippen LogP contribution is -2.47. The molecule has 4 heterocycles. The van der Waals surface area contributed by atoms with Crippen LogP contribution in [0.25, 0.3) is 10.9 Å². The van der Waals surface area contributed by atoms with Crippen LogP contribution in [-0.4, -0.2) is 38.2 Å². The predicted octanol–water partition coefficient (Wildman–Crippen LogP) is 5.13. The molecule has 178 valence electrons. The Balaban J connectivity index is 1.18. The van der Waals surface area contributed by atoms with E-state index in [2.05, 4.69) is 44.5 Å². The van der Waals surface area contributed by atoms with Gasteiger partial charge >= 0.3 is 0 Å². The molecule has 2 atom stereocenters. The van der Waals surface area contributed by atoms with E-state index >= 15 is 0 Å². The number of pyridine rings is 1. The van der Waals surface area contributed by atoms with Crippen molar-refractivity contribution in [2.24, 2.45) is 5.92 Å². The zero-order valence-corrected chi connectivity index (χ0v) is 19.8. The Hall–Kier alpha value is -3.74. The maximum atomic E-state index is 13.7. The Morgan fingerprint density at radius 1 is 1.03 bits per heavy atom. The van der Waals surface area contributed by atoms with Gasteiger partial charge in [-0.1, -0.05) is 40.6 Å². The first-order valence-electron chi connectivity index (χ1n) is 12.3. The maximum absolute atomic E-state index is 13.7. The maximum Gasteiger partial charge on any atom is 0.258 e. The van der Waals surface area contributed by atoms with Crippen molar-refractivity contribution in [1.29, 1.82) is 0 Å². The molecule has 35 heavy (non-hydrogen) atoms. The van der Waals surface area contributed by atoms with E-state index in [1.165, 1.54) is 10.9 Å². The normalized spacial score (nSPS) is 21.4. The molecule has 4 aromatic rings. The number of carbonyl (C=O) groups excluding carboxylic acids is 1. The molecule has 6 rings (SSSR count). The van der Waals surface area contributed by atoms with Gasteiger partial charge in [0, 0.05) is 23.7 Å². The minimum Gasteiger partial charge on any atom is -0.486 e. The summed E-state index contributed by atoms with van der Waals surface area (Å²) in [5, 5.41) is 8.92. The number of aromatic nitrogens is 3. The summed E-state index contributed by atoms with van der Waals surface area (Å²) in [4.78, 5) is 20.4. The second-order valence-electron chi connectivity index (χ2n) is 9.71. The third kappa shape index (κ3) is 4.16. The minimum absolute atomic E-state index is 0.0657. The summed E-state index contributed by atoms with van der Waals surface area (Å²) in [6.45, 7) is 2.04. The molecule has 1 amide bonds. The van der Waals surface area contributed by atoms with E-state index in [1.54, 1.807) is 0 Å². The number of rotatable bonds is 6. The summed E-state index contributed by atoms with van der Waals surface area (Å²) < 4.78 is 10.8. The van der Waals surface area contributed by atoms with Crippen molar-refractivity contribution in [2.75, 3.05) is 0 Å². The lowest BCUT2D eigenvalue weighted by molar-refractivity contribution is 0.0520. The van der Waals surface area contributed by atoms with Crippen molar-refractivity contribution < 1.29 is 14.2 Å². The molecule has 2 bridgehead atoms. The SMILES string of the molecule is Cc1nonc1COc1ccccc1C(=O)N1[C@H]2CC[C@H]1CC(Cc1cccc3ncccc13)C2. The first-order valence-corrected chi connectivity index (χ1v) is 12.3. The third-order valence-corrected chi connectivity index (χ3v) is 7.54. The number of amides is 1. The highest BCUT2D eigenvalue weighted by Gasteiger charge is 2.43. The van der Waals surface area contributed by atoms with Crippen LogP contribution in [0.4, 0.5) is 0 Å². The van der Waals surface area contributed by atoms with E-state index in [1.807, 2.05) is 43.5 Å². The molecule has 7 heteroatoms. The lowest BCUT2D eigenvalue weighted by Gasteiger charge is -2.39. The van der Waals surface area contributed by atoms with Crippen LogP contribution >= 0.6 is 0 Å². The highest BCUT2D eigenvalue weighted by atomic mass is 16.6. The van der Waals surface area contributed by atoms with Gasteiger partial charge in [0.05, 0.1) is 11.1 Å². The van der Waals surface area contributed by atoms with Crippen molar-refractivity contribution in [3.8, 4) is 5.75 Å². The number of hydrogen-bond acceptors (Lipinski definition) is 6. The average Bonchev–Trinajstić information content (AvgIpc) is 3.42. The summed E-state index contributed by atoms with van der Waals surface area (Å²) in [5.41, 5.74) is 4.34. The number of aryl methyl sites for hydroxylation is 1. The second kappa shape index (κ2) is 9.13. The van der Waals surface area contributed by atoms with Crippen LogP contribution in [0.1, 0.15) is 53.0 Å². The van der Waals surface area contributed by atoms with E-state index in [9.17, 15) is 4.79 Å². The molecule has 0 N–H and O–H groups in total. The monoisotopic (exact) mass is 468 g/mol. The van der Waals surface area contributed by atoms with E-state index in [0.717, 1.165) is 37.6 Å². The molecule has 0 saturated carbocycles. The van der Waals surface area contributed by atoms with E-state index in [4.69, 9.17) is 9.37 Å². The van der Waals surface area contributed by atoms with Crippen molar-refractivity contribution in [3.63, 3.8) is 0 Å². The molecule has 2 saturated heterocycles. The molecule has 0 radical (unpaired) electrons. The van der Waals surface area contributed by atoms with Crippen molar-refractivity contribution >= 4 is 16.8 Å². The van der Waals surface area contributed by atoms with Gasteiger partial charge < -0.3 is 9.64 Å². The topological polar surface area (TPSA) is 81.3 Å². The Bertz CT molecular complexity index is 1350. The number of piperidine rings is 1. The van der Waals surface area contributed by atoms with Gasteiger partial charge in [0.15, 0.2) is 0 Å². The smallest absolute Gasteiger partial charge is 0.258 e. The molecule has 0 spiro atoms. The highest BCUT2D eigenvalue weighted by Crippen LogP contribution is 2.42. The Labute approximate surface area is 204 Å². The number of para-hydroxylation sites is 1. The molecule has 2 aliphatic heterocycles. The molecule has 2 aliphatic rings. The largest absolute Gasteiger partial charge is 0.486 e. The molecular weight excluding hydrogens is 440 g/mol. The number of nitrogens with zero attached hydrogens (tertiary/aromatic N) is 4. The minimum atomic E-state index is 0.0657. The van der Waals surface area contributed by atoms with Gasteiger partial charge in [-0.25, -0.2) is 4.63 Å². The Morgan fingerprint density at radius 2 is 1.86 bits per heavy atom. The van der Waals surface area contributed by atoms with Gasteiger partial charge in [-0.05, 0) is 74.8 Å². The van der Waals surface area contributed by atoms with Gasteiger partial charge in [-0.15, -0.1) is 0 Å². The molecule has 2 fully saturated rings. The number of ether oxygens (including phenoxy) is 1. The van der Waals surface area contributed by atoms with Crippen LogP contribution in [0.3, 0.4) is 0 Å². The number of carbonyl (C=O) groups is 1. The fraction of sp³-hybridized carbons (Fsp3) is 0.357. The molecule has 0 aliphatic carbocycles. The number of hydrogen-bond donors (Lipinski definition) is 0. The summed E-state index contributed by atoms with van der Waals surface area (Å²) in [7, 11) is 0.